The van der Waals surface area contributed by atoms with Gasteiger partial charge < -0.3 is 34.6 Å². The number of likely N-dealkylation sites (tertiary alicyclic amines) is 1. The summed E-state index contributed by atoms with van der Waals surface area (Å²) >= 11 is 0. The highest BCUT2D eigenvalue weighted by Crippen LogP contribution is 2.43. The minimum Gasteiger partial charge on any atom is -0.488 e. The predicted octanol–water partition coefficient (Wildman–Crippen LogP) is 7.39. The fourth-order valence-corrected chi connectivity index (χ4v) is 7.50. The van der Waals surface area contributed by atoms with E-state index < -0.39 is 12.1 Å². The summed E-state index contributed by atoms with van der Waals surface area (Å²) in [6.45, 7) is 9.56. The Morgan fingerprint density at radius 2 is 1.92 bits per heavy atom. The number of hydrogen-bond donors (Lipinski definition) is 3. The fraction of sp³-hybridized carbons (Fsp3) is 0.425. The number of hydrogen-bond acceptors (Lipinski definition) is 7. The molecule has 272 valence electrons. The molecule has 2 aromatic heterocycles. The summed E-state index contributed by atoms with van der Waals surface area (Å²) in [6.07, 6.45) is 5.56. The molecule has 3 aromatic carbocycles. The first kappa shape index (κ1) is 35.0. The van der Waals surface area contributed by atoms with E-state index in [1.165, 1.54) is 7.11 Å². The van der Waals surface area contributed by atoms with Gasteiger partial charge in [-0.15, -0.1) is 0 Å². The minimum atomic E-state index is -0.662. The summed E-state index contributed by atoms with van der Waals surface area (Å²) < 4.78 is 11.1. The largest absolute Gasteiger partial charge is 0.488 e. The Hall–Kier alpha value is -5.39. The van der Waals surface area contributed by atoms with E-state index in [0.717, 1.165) is 92.8 Å². The third-order valence-electron chi connectivity index (χ3n) is 10.6. The molecule has 0 unspecified atom stereocenters. The number of carbonyl (C=O) groups is 3. The van der Waals surface area contributed by atoms with Crippen LogP contribution >= 0.6 is 0 Å². The highest BCUT2D eigenvalue weighted by Gasteiger charge is 2.36. The van der Waals surface area contributed by atoms with E-state index in [2.05, 4.69) is 70.5 Å². The lowest BCUT2D eigenvalue weighted by molar-refractivity contribution is -0.135. The molecule has 1 saturated heterocycles. The fourth-order valence-electron chi connectivity index (χ4n) is 7.50. The monoisotopic (exact) mass is 705 g/mol. The molecule has 0 radical (unpaired) electrons. The second kappa shape index (κ2) is 14.7. The molecule has 3 amide bonds. The highest BCUT2D eigenvalue weighted by molar-refractivity contribution is 6.07. The Morgan fingerprint density at radius 1 is 1.08 bits per heavy atom. The van der Waals surface area contributed by atoms with E-state index >= 15 is 0 Å². The first-order chi connectivity index (χ1) is 25.2. The number of carbonyl (C=O) groups excluding carboxylic acids is 3. The molecule has 3 N–H and O–H groups in total. The van der Waals surface area contributed by atoms with E-state index in [0.29, 0.717) is 32.5 Å². The molecule has 3 atom stereocenters. The van der Waals surface area contributed by atoms with Crippen molar-refractivity contribution in [3.8, 4) is 28.1 Å². The van der Waals surface area contributed by atoms with Gasteiger partial charge in [0.1, 0.15) is 30.0 Å². The van der Waals surface area contributed by atoms with Gasteiger partial charge >= 0.3 is 6.09 Å². The number of nitrogens with zero attached hydrogens (tertiary/aromatic N) is 4. The van der Waals surface area contributed by atoms with Crippen molar-refractivity contribution in [2.24, 2.45) is 0 Å². The van der Waals surface area contributed by atoms with E-state index in [9.17, 15) is 14.4 Å². The number of methoxy groups -OCH3 is 1. The topological polar surface area (TPSA) is 146 Å². The van der Waals surface area contributed by atoms with Gasteiger partial charge in [0.2, 0.25) is 11.8 Å². The lowest BCUT2D eigenvalue weighted by Gasteiger charge is -2.27. The van der Waals surface area contributed by atoms with Crippen LogP contribution in [0.5, 0.6) is 5.75 Å². The molecule has 1 fully saturated rings. The molecule has 2 aliphatic rings. The normalized spacial score (nSPS) is 16.2. The molecule has 52 heavy (non-hydrogen) atoms. The van der Waals surface area contributed by atoms with Crippen molar-refractivity contribution in [1.29, 1.82) is 0 Å². The summed E-state index contributed by atoms with van der Waals surface area (Å²) in [4.78, 5) is 58.6. The third kappa shape index (κ3) is 6.57. The maximum absolute atomic E-state index is 13.5. The summed E-state index contributed by atoms with van der Waals surface area (Å²) in [7, 11) is 1.29. The van der Waals surface area contributed by atoms with Gasteiger partial charge in [-0.3, -0.25) is 9.59 Å². The number of ether oxygens (including phenoxy) is 2. The van der Waals surface area contributed by atoms with Gasteiger partial charge in [0, 0.05) is 30.0 Å². The summed E-state index contributed by atoms with van der Waals surface area (Å²) in [6, 6.07) is 14.0. The molecule has 4 heterocycles. The number of amides is 3. The van der Waals surface area contributed by atoms with Crippen molar-refractivity contribution in [1.82, 2.24) is 35.1 Å². The van der Waals surface area contributed by atoms with Crippen molar-refractivity contribution in [3.63, 3.8) is 0 Å². The average Bonchev–Trinajstić information content (AvgIpc) is 3.94. The van der Waals surface area contributed by atoms with E-state index in [1.807, 2.05) is 35.9 Å². The summed E-state index contributed by atoms with van der Waals surface area (Å²) in [5.41, 5.74) is 6.86. The maximum Gasteiger partial charge on any atom is 0.407 e. The number of alkyl carbamates (subject to hydrolysis) is 1. The zero-order valence-electron chi connectivity index (χ0n) is 30.5. The molecule has 2 aliphatic heterocycles. The Morgan fingerprint density at radius 3 is 2.69 bits per heavy atom. The average molecular weight is 706 g/mol. The molecule has 7 rings (SSSR count). The Bertz CT molecular complexity index is 2140. The number of benzene rings is 3. The van der Waals surface area contributed by atoms with Crippen LogP contribution in [0.25, 0.3) is 44.2 Å². The molecule has 5 aromatic rings. The van der Waals surface area contributed by atoms with Gasteiger partial charge in [0.15, 0.2) is 0 Å². The molecular weight excluding hydrogens is 658 g/mol. The minimum absolute atomic E-state index is 0.134. The Balaban J connectivity index is 1.14. The van der Waals surface area contributed by atoms with Crippen LogP contribution in [0, 0.1) is 0 Å². The standard InChI is InChI=1S/C40H47N7O5/c1-6-10-36(48)47(23(4)7-2)21-35-41-20-32(42-35)25-12-14-27-26(17-25)22-52-34-19-28-24(18-29(27)34)13-15-31-37(28)45-38(43-31)33-11-9-16-46(33)39(49)30(8-3)44-40(50)51-5/h12-15,17-20,23,30,33H,6-11,16,21-22H2,1-5H3,(H,41,42)(H,43,45)(H,44,50)/t23-,30-,33-/m0/s1. The second-order valence-corrected chi connectivity index (χ2v) is 13.9. The van der Waals surface area contributed by atoms with Crippen LogP contribution in [0.1, 0.15) is 89.5 Å². The summed E-state index contributed by atoms with van der Waals surface area (Å²) in [5.74, 6) is 2.33. The quantitative estimate of drug-likeness (QED) is 0.130. The molecule has 0 saturated carbocycles. The van der Waals surface area contributed by atoms with Crippen molar-refractivity contribution in [2.45, 2.75) is 97.5 Å². The zero-order valence-corrected chi connectivity index (χ0v) is 30.5. The lowest BCUT2D eigenvalue weighted by Crippen LogP contribution is -2.48. The van der Waals surface area contributed by atoms with Gasteiger partial charge in [-0.1, -0.05) is 39.0 Å². The summed E-state index contributed by atoms with van der Waals surface area (Å²) in [5, 5.41) is 4.68. The van der Waals surface area contributed by atoms with Crippen molar-refractivity contribution in [3.05, 3.63) is 65.9 Å². The Kier molecular flexibility index (Phi) is 9.90. The SMILES string of the molecule is CCCC(=O)N(Cc1ncc(-c2ccc3c(c2)COc2cc4c(ccc5[nH]c([C@@H]6CCCN6C(=O)[C@H](CC)NC(=O)OC)nc54)cc2-3)[nH]1)[C@@H](C)CC. The number of nitrogens with one attached hydrogen (secondary N) is 3. The highest BCUT2D eigenvalue weighted by atomic mass is 16.5. The molecular formula is C40H47N7O5. The molecule has 0 spiro atoms. The van der Waals surface area contributed by atoms with Crippen LogP contribution in [0.2, 0.25) is 0 Å². The first-order valence-corrected chi connectivity index (χ1v) is 18.4. The van der Waals surface area contributed by atoms with Crippen LogP contribution in [-0.4, -0.2) is 73.4 Å². The maximum atomic E-state index is 13.5. The number of rotatable bonds is 11. The third-order valence-corrected chi connectivity index (χ3v) is 10.6. The van der Waals surface area contributed by atoms with E-state index in [-0.39, 0.29) is 23.9 Å². The van der Waals surface area contributed by atoms with Crippen LogP contribution in [-0.2, 0) is 27.5 Å². The number of imidazole rings is 2. The zero-order chi connectivity index (χ0) is 36.5. The molecule has 12 heteroatoms. The van der Waals surface area contributed by atoms with Gasteiger partial charge in [-0.2, -0.15) is 0 Å². The number of fused-ring (bicyclic) bond motifs is 6. The molecule has 12 nitrogen and oxygen atoms in total. The van der Waals surface area contributed by atoms with Gasteiger partial charge in [-0.05, 0) is 85.4 Å². The predicted molar refractivity (Wildman–Crippen MR) is 199 cm³/mol. The number of aromatic amines is 2. The van der Waals surface area contributed by atoms with Gasteiger partial charge in [0.25, 0.3) is 0 Å². The van der Waals surface area contributed by atoms with E-state index in [1.54, 1.807) is 0 Å². The number of aromatic nitrogens is 4. The second-order valence-electron chi connectivity index (χ2n) is 13.9. The molecule has 0 bridgehead atoms. The molecule has 0 aliphatic carbocycles. The first-order valence-electron chi connectivity index (χ1n) is 18.4. The van der Waals surface area contributed by atoms with Crippen molar-refractivity contribution in [2.75, 3.05) is 13.7 Å². The lowest BCUT2D eigenvalue weighted by atomic mass is 9.92. The van der Waals surface area contributed by atoms with Gasteiger partial charge in [-0.25, -0.2) is 14.8 Å². The van der Waals surface area contributed by atoms with Crippen LogP contribution < -0.4 is 10.1 Å². The Labute approximate surface area is 303 Å². The smallest absolute Gasteiger partial charge is 0.407 e. The van der Waals surface area contributed by atoms with Crippen LogP contribution in [0.3, 0.4) is 0 Å². The van der Waals surface area contributed by atoms with Gasteiger partial charge in [0.05, 0.1) is 42.6 Å². The van der Waals surface area contributed by atoms with Crippen molar-refractivity contribution < 1.29 is 23.9 Å². The van der Waals surface area contributed by atoms with Crippen molar-refractivity contribution >= 4 is 39.7 Å². The van der Waals surface area contributed by atoms with Crippen LogP contribution in [0.15, 0.2) is 48.7 Å². The van der Waals surface area contributed by atoms with Crippen LogP contribution in [0.4, 0.5) is 4.79 Å². The van der Waals surface area contributed by atoms with E-state index in [4.69, 9.17) is 14.5 Å². The number of H-pyrrole nitrogens is 2.